The standard InChI is InChI=1S/C25H25F4N5O7S/c1-11(30)21-20(22(35)32-19(23(36)34-42(31,37)38)15-6-5-14(26)9-16(15)27)33-24(41-21)13-4-7-17(40-25(28)29)18(8-13)39-10-12-2-3-12/h4-9,11-12,19,25H,2-3,10,30H2,1H3,(H,32,35)(H,34,36)(H2,31,37,38)/t11-,19-/m0/s1. The van der Waals surface area contributed by atoms with Crippen LogP contribution in [0.2, 0.25) is 0 Å². The van der Waals surface area contributed by atoms with E-state index in [2.05, 4.69) is 15.0 Å². The molecular formula is C25H25F4N5O7S. The van der Waals surface area contributed by atoms with Crippen LogP contribution in [0.15, 0.2) is 40.8 Å². The Kier molecular flexibility index (Phi) is 9.03. The molecule has 0 aliphatic heterocycles. The van der Waals surface area contributed by atoms with Crippen LogP contribution in [-0.2, 0) is 15.0 Å². The first-order chi connectivity index (χ1) is 19.7. The van der Waals surface area contributed by atoms with Crippen molar-refractivity contribution in [3.8, 4) is 23.0 Å². The number of alkyl halides is 2. The fourth-order valence-electron chi connectivity index (χ4n) is 3.78. The molecule has 42 heavy (non-hydrogen) atoms. The lowest BCUT2D eigenvalue weighted by atomic mass is 10.0. The molecule has 0 unspecified atom stereocenters. The quantitative estimate of drug-likeness (QED) is 0.222. The van der Waals surface area contributed by atoms with E-state index in [4.69, 9.17) is 20.0 Å². The van der Waals surface area contributed by atoms with Gasteiger partial charge in [0.25, 0.3) is 22.0 Å². The third kappa shape index (κ3) is 7.74. The molecule has 2 aromatic carbocycles. The molecule has 1 fully saturated rings. The zero-order valence-corrected chi connectivity index (χ0v) is 22.6. The molecule has 2 atom stereocenters. The normalized spacial score (nSPS) is 14.8. The minimum absolute atomic E-state index is 0.0298. The van der Waals surface area contributed by atoms with Crippen LogP contribution in [0.5, 0.6) is 11.5 Å². The number of nitrogens with zero attached hydrogens (tertiary/aromatic N) is 1. The van der Waals surface area contributed by atoms with Gasteiger partial charge in [-0.1, -0.05) is 6.07 Å². The van der Waals surface area contributed by atoms with E-state index in [0.29, 0.717) is 6.07 Å². The number of nitrogens with one attached hydrogen (secondary N) is 2. The number of benzene rings is 2. The molecule has 17 heteroatoms. The highest BCUT2D eigenvalue weighted by Gasteiger charge is 2.32. The summed E-state index contributed by atoms with van der Waals surface area (Å²) in [5.41, 5.74) is 5.06. The average molecular weight is 616 g/mol. The van der Waals surface area contributed by atoms with E-state index in [1.54, 1.807) is 0 Å². The van der Waals surface area contributed by atoms with Gasteiger partial charge in [-0.2, -0.15) is 17.2 Å². The highest BCUT2D eigenvalue weighted by molar-refractivity contribution is 7.87. The smallest absolute Gasteiger partial charge is 0.387 e. The van der Waals surface area contributed by atoms with Crippen molar-refractivity contribution >= 4 is 22.0 Å². The zero-order chi connectivity index (χ0) is 30.8. The maximum absolute atomic E-state index is 14.6. The minimum atomic E-state index is -4.64. The van der Waals surface area contributed by atoms with Crippen LogP contribution in [0.4, 0.5) is 17.6 Å². The molecule has 1 aliphatic rings. The van der Waals surface area contributed by atoms with Gasteiger partial charge in [0, 0.05) is 17.2 Å². The van der Waals surface area contributed by atoms with E-state index in [1.807, 2.05) is 0 Å². The molecule has 1 saturated carbocycles. The first-order valence-electron chi connectivity index (χ1n) is 12.3. The predicted molar refractivity (Wildman–Crippen MR) is 137 cm³/mol. The van der Waals surface area contributed by atoms with Gasteiger partial charge in [0.05, 0.1) is 12.6 Å². The third-order valence-electron chi connectivity index (χ3n) is 5.91. The highest BCUT2D eigenvalue weighted by Crippen LogP contribution is 2.37. The van der Waals surface area contributed by atoms with Crippen molar-refractivity contribution in [3.05, 3.63) is 65.1 Å². The Balaban J connectivity index is 1.69. The van der Waals surface area contributed by atoms with E-state index < -0.39 is 63.6 Å². The van der Waals surface area contributed by atoms with Crippen LogP contribution >= 0.6 is 0 Å². The maximum atomic E-state index is 14.6. The van der Waals surface area contributed by atoms with Gasteiger partial charge in [-0.05, 0) is 49.9 Å². The van der Waals surface area contributed by atoms with Crippen molar-refractivity contribution in [2.24, 2.45) is 16.8 Å². The number of halogens is 4. The van der Waals surface area contributed by atoms with Gasteiger partial charge >= 0.3 is 6.61 Å². The molecule has 12 nitrogen and oxygen atoms in total. The second kappa shape index (κ2) is 12.3. The SMILES string of the molecule is C[C@H](N)c1oc(-c2ccc(OC(F)F)c(OCC3CC3)c2)nc1C(=O)N[C@H](C(=O)NS(N)(=O)=O)c1ccc(F)cc1F. The molecule has 2 amide bonds. The Morgan fingerprint density at radius 2 is 1.86 bits per heavy atom. The van der Waals surface area contributed by atoms with E-state index in [9.17, 15) is 35.6 Å². The highest BCUT2D eigenvalue weighted by atomic mass is 32.2. The summed E-state index contributed by atoms with van der Waals surface area (Å²) in [5, 5.41) is 6.98. The summed E-state index contributed by atoms with van der Waals surface area (Å²) in [7, 11) is -4.64. The molecule has 1 heterocycles. The molecule has 0 radical (unpaired) electrons. The number of ether oxygens (including phenoxy) is 2. The lowest BCUT2D eigenvalue weighted by Crippen LogP contribution is -2.45. The van der Waals surface area contributed by atoms with Crippen molar-refractivity contribution in [3.63, 3.8) is 0 Å². The van der Waals surface area contributed by atoms with Gasteiger partial charge in [-0.3, -0.25) is 9.59 Å². The summed E-state index contributed by atoms with van der Waals surface area (Å²) < 4.78 is 94.0. The summed E-state index contributed by atoms with van der Waals surface area (Å²) in [4.78, 5) is 30.1. The van der Waals surface area contributed by atoms with Crippen LogP contribution in [0, 0.1) is 17.6 Å². The molecule has 3 aromatic rings. The molecule has 1 aromatic heterocycles. The maximum Gasteiger partial charge on any atom is 0.387 e. The van der Waals surface area contributed by atoms with Crippen molar-refractivity contribution in [2.45, 2.75) is 38.5 Å². The number of hydrogen-bond acceptors (Lipinski definition) is 9. The largest absolute Gasteiger partial charge is 0.489 e. The molecule has 4 rings (SSSR count). The van der Waals surface area contributed by atoms with Gasteiger partial charge in [0.15, 0.2) is 23.0 Å². The number of oxazole rings is 1. The van der Waals surface area contributed by atoms with Crippen LogP contribution in [0.25, 0.3) is 11.5 Å². The fraction of sp³-hybridized carbons (Fsp3) is 0.320. The van der Waals surface area contributed by atoms with E-state index in [1.165, 1.54) is 29.8 Å². The Labute approximate surface area is 236 Å². The zero-order valence-electron chi connectivity index (χ0n) is 21.8. The second-order valence-corrected chi connectivity index (χ2v) is 10.7. The molecule has 226 valence electrons. The summed E-state index contributed by atoms with van der Waals surface area (Å²) in [6.45, 7) is -1.42. The Morgan fingerprint density at radius 3 is 2.45 bits per heavy atom. The van der Waals surface area contributed by atoms with Crippen molar-refractivity contribution in [1.82, 2.24) is 15.0 Å². The average Bonchev–Trinajstić information content (AvgIpc) is 3.60. The number of amides is 2. The Hall–Kier alpha value is -4.22. The first kappa shape index (κ1) is 30.7. The predicted octanol–water partition coefficient (Wildman–Crippen LogP) is 2.82. The van der Waals surface area contributed by atoms with Crippen LogP contribution in [0.1, 0.15) is 53.7 Å². The van der Waals surface area contributed by atoms with Crippen molar-refractivity contribution < 1.29 is 49.5 Å². The van der Waals surface area contributed by atoms with E-state index in [0.717, 1.165) is 25.0 Å². The van der Waals surface area contributed by atoms with Crippen molar-refractivity contribution in [1.29, 1.82) is 0 Å². The first-order valence-corrected chi connectivity index (χ1v) is 13.8. The summed E-state index contributed by atoms with van der Waals surface area (Å²) >= 11 is 0. The van der Waals surface area contributed by atoms with Gasteiger partial charge in [0.1, 0.15) is 17.7 Å². The third-order valence-corrected chi connectivity index (χ3v) is 6.40. The van der Waals surface area contributed by atoms with E-state index >= 15 is 0 Å². The van der Waals surface area contributed by atoms with Gasteiger partial charge in [-0.15, -0.1) is 0 Å². The number of rotatable bonds is 12. The Morgan fingerprint density at radius 1 is 1.14 bits per heavy atom. The van der Waals surface area contributed by atoms with Crippen LogP contribution < -0.4 is 30.4 Å². The van der Waals surface area contributed by atoms with Gasteiger partial charge in [-0.25, -0.2) is 23.6 Å². The van der Waals surface area contributed by atoms with Gasteiger partial charge in [0.2, 0.25) is 5.89 Å². The minimum Gasteiger partial charge on any atom is -0.489 e. The fourth-order valence-corrected chi connectivity index (χ4v) is 4.18. The Bertz CT molecular complexity index is 1600. The molecule has 0 spiro atoms. The number of nitrogens with two attached hydrogens (primary N) is 2. The topological polar surface area (TPSA) is 189 Å². The number of hydrogen-bond donors (Lipinski definition) is 4. The molecule has 1 aliphatic carbocycles. The monoisotopic (exact) mass is 615 g/mol. The lowest BCUT2D eigenvalue weighted by Gasteiger charge is -2.18. The summed E-state index contributed by atoms with van der Waals surface area (Å²) in [6.07, 6.45) is 1.86. The van der Waals surface area contributed by atoms with E-state index in [-0.39, 0.29) is 41.2 Å². The summed E-state index contributed by atoms with van der Waals surface area (Å²) in [6, 6.07) is 2.88. The van der Waals surface area contributed by atoms with Crippen molar-refractivity contribution in [2.75, 3.05) is 6.61 Å². The molecular weight excluding hydrogens is 590 g/mol. The lowest BCUT2D eigenvalue weighted by molar-refractivity contribution is -0.121. The number of aromatic nitrogens is 1. The second-order valence-electron chi connectivity index (χ2n) is 9.40. The van der Waals surface area contributed by atoms with Crippen LogP contribution in [-0.4, -0.2) is 38.4 Å². The summed E-state index contributed by atoms with van der Waals surface area (Å²) in [5.74, 6) is -5.28. The molecule has 0 saturated heterocycles. The molecule has 6 N–H and O–H groups in total. The number of carbonyl (C=O) groups is 2. The van der Waals surface area contributed by atoms with Gasteiger partial charge < -0.3 is 24.9 Å². The number of carbonyl (C=O) groups excluding carboxylic acids is 2. The van der Waals surface area contributed by atoms with Crippen LogP contribution in [0.3, 0.4) is 0 Å². The molecule has 0 bridgehead atoms.